The van der Waals surface area contributed by atoms with Gasteiger partial charge in [0.15, 0.2) is 0 Å². The van der Waals surface area contributed by atoms with Crippen LogP contribution in [0.5, 0.6) is 0 Å². The first-order chi connectivity index (χ1) is 13.2. The number of anilines is 1. The second-order valence-corrected chi connectivity index (χ2v) is 9.09. The molecule has 0 N–H and O–H groups in total. The minimum Gasteiger partial charge on any atom is -0.460 e. The second kappa shape index (κ2) is 8.06. The molecule has 0 saturated carbocycles. The number of hydrogen-bond acceptors (Lipinski definition) is 8. The first-order valence-corrected chi connectivity index (χ1v) is 10.4. The summed E-state index contributed by atoms with van der Waals surface area (Å²) < 4.78 is 41.8. The van der Waals surface area contributed by atoms with E-state index in [-0.39, 0.29) is 23.0 Å². The lowest BCUT2D eigenvalue weighted by Gasteiger charge is -2.30. The zero-order chi connectivity index (χ0) is 20.5. The fraction of sp³-hybridized carbons (Fsp3) is 0.556. The van der Waals surface area contributed by atoms with E-state index < -0.39 is 28.1 Å². The van der Waals surface area contributed by atoms with Crippen LogP contribution < -0.4 is 4.90 Å². The number of benzene rings is 1. The van der Waals surface area contributed by atoms with Crippen LogP contribution in [0.25, 0.3) is 0 Å². The van der Waals surface area contributed by atoms with Gasteiger partial charge in [0.1, 0.15) is 6.10 Å². The number of esters is 2. The lowest BCUT2D eigenvalue weighted by Crippen LogP contribution is -2.37. The number of hydrogen-bond donors (Lipinski definition) is 0. The molecule has 2 heterocycles. The van der Waals surface area contributed by atoms with E-state index in [4.69, 9.17) is 14.2 Å². The van der Waals surface area contributed by atoms with Gasteiger partial charge in [-0.2, -0.15) is 0 Å². The van der Waals surface area contributed by atoms with Gasteiger partial charge in [0.25, 0.3) is 0 Å². The molecule has 0 aliphatic carbocycles. The van der Waals surface area contributed by atoms with Crippen molar-refractivity contribution in [3.05, 3.63) is 23.8 Å². The standard InChI is InChI=1S/C18H24N2O7S/c1-12-10-16(18(22)26-12)27-17(21)14-11-13(28(23,24)19(2)3)4-5-15(14)20-6-8-25-9-7-20/h4-5,11-12,16H,6-10H2,1-3H3/t12-,16-/m0/s1. The molecule has 154 valence electrons. The number of cyclic esters (lactones) is 1. The van der Waals surface area contributed by atoms with Gasteiger partial charge in [-0.05, 0) is 25.1 Å². The van der Waals surface area contributed by atoms with Crippen LogP contribution in [0.1, 0.15) is 23.7 Å². The highest BCUT2D eigenvalue weighted by Crippen LogP contribution is 2.28. The summed E-state index contributed by atoms with van der Waals surface area (Å²) >= 11 is 0. The van der Waals surface area contributed by atoms with Crippen LogP contribution in [0.15, 0.2) is 23.1 Å². The largest absolute Gasteiger partial charge is 0.460 e. The summed E-state index contributed by atoms with van der Waals surface area (Å²) in [6.07, 6.45) is -1.05. The van der Waals surface area contributed by atoms with Crippen molar-refractivity contribution in [3.63, 3.8) is 0 Å². The van der Waals surface area contributed by atoms with Crippen molar-refractivity contribution in [1.29, 1.82) is 0 Å². The third-order valence-electron chi connectivity index (χ3n) is 4.69. The highest BCUT2D eigenvalue weighted by molar-refractivity contribution is 7.89. The van der Waals surface area contributed by atoms with E-state index in [1.54, 1.807) is 13.0 Å². The van der Waals surface area contributed by atoms with Gasteiger partial charge >= 0.3 is 11.9 Å². The molecule has 28 heavy (non-hydrogen) atoms. The maximum Gasteiger partial charge on any atom is 0.347 e. The van der Waals surface area contributed by atoms with Crippen LogP contribution in [0, 0.1) is 0 Å². The number of sulfonamides is 1. The van der Waals surface area contributed by atoms with E-state index in [1.807, 2.05) is 4.90 Å². The van der Waals surface area contributed by atoms with Gasteiger partial charge in [0, 0.05) is 33.6 Å². The average molecular weight is 412 g/mol. The van der Waals surface area contributed by atoms with Gasteiger partial charge in [-0.1, -0.05) is 0 Å². The van der Waals surface area contributed by atoms with E-state index in [2.05, 4.69) is 0 Å². The highest BCUT2D eigenvalue weighted by Gasteiger charge is 2.36. The fourth-order valence-corrected chi connectivity index (χ4v) is 4.07. The van der Waals surface area contributed by atoms with Crippen molar-refractivity contribution < 1.29 is 32.2 Å². The summed E-state index contributed by atoms with van der Waals surface area (Å²) in [6.45, 7) is 3.83. The topological polar surface area (TPSA) is 102 Å². The zero-order valence-corrected chi connectivity index (χ0v) is 16.9. The third kappa shape index (κ3) is 4.13. The monoisotopic (exact) mass is 412 g/mol. The Balaban J connectivity index is 1.96. The van der Waals surface area contributed by atoms with Crippen LogP contribution in [-0.4, -0.2) is 77.3 Å². The molecule has 2 saturated heterocycles. The van der Waals surface area contributed by atoms with Crippen LogP contribution >= 0.6 is 0 Å². The minimum atomic E-state index is -3.74. The minimum absolute atomic E-state index is 0.0242. The third-order valence-corrected chi connectivity index (χ3v) is 6.50. The van der Waals surface area contributed by atoms with Crippen LogP contribution in [0.3, 0.4) is 0 Å². The molecular formula is C18H24N2O7S. The predicted octanol–water partition coefficient (Wildman–Crippen LogP) is 0.634. The molecule has 1 aromatic rings. The SMILES string of the molecule is C[C@H]1C[C@H](OC(=O)c2cc(S(=O)(=O)N(C)C)ccc2N2CCOCC2)C(=O)O1. The Morgan fingerprint density at radius 2 is 1.93 bits per heavy atom. The second-order valence-electron chi connectivity index (χ2n) is 6.94. The van der Waals surface area contributed by atoms with E-state index in [9.17, 15) is 18.0 Å². The molecule has 2 aliphatic rings. The molecule has 0 amide bonds. The van der Waals surface area contributed by atoms with Gasteiger partial charge in [-0.15, -0.1) is 0 Å². The van der Waals surface area contributed by atoms with Crippen molar-refractivity contribution in [1.82, 2.24) is 4.31 Å². The van der Waals surface area contributed by atoms with Gasteiger partial charge in [0.05, 0.1) is 29.4 Å². The van der Waals surface area contributed by atoms with Crippen LogP contribution in [-0.2, 0) is 29.0 Å². The van der Waals surface area contributed by atoms with Crippen molar-refractivity contribution in [2.75, 3.05) is 45.3 Å². The Hall–Kier alpha value is -2.17. The average Bonchev–Trinajstić information content (AvgIpc) is 2.98. The summed E-state index contributed by atoms with van der Waals surface area (Å²) in [4.78, 5) is 26.6. The first kappa shape index (κ1) is 20.6. The van der Waals surface area contributed by atoms with Crippen molar-refractivity contribution in [3.8, 4) is 0 Å². The molecule has 0 radical (unpaired) electrons. The zero-order valence-electron chi connectivity index (χ0n) is 16.1. The number of ether oxygens (including phenoxy) is 3. The van der Waals surface area contributed by atoms with E-state index in [1.165, 1.54) is 26.2 Å². The van der Waals surface area contributed by atoms with Crippen molar-refractivity contribution in [2.45, 2.75) is 30.4 Å². The molecule has 0 aromatic heterocycles. The lowest BCUT2D eigenvalue weighted by atomic mass is 10.1. The summed E-state index contributed by atoms with van der Waals surface area (Å²) in [5.74, 6) is -1.35. The van der Waals surface area contributed by atoms with E-state index in [0.717, 1.165) is 4.31 Å². The lowest BCUT2D eigenvalue weighted by molar-refractivity contribution is -0.147. The molecule has 10 heteroatoms. The Bertz CT molecular complexity index is 863. The van der Waals surface area contributed by atoms with Gasteiger partial charge in [-0.3, -0.25) is 0 Å². The van der Waals surface area contributed by atoms with Crippen molar-refractivity contribution in [2.24, 2.45) is 0 Å². The van der Waals surface area contributed by atoms with Gasteiger partial charge < -0.3 is 19.1 Å². The Morgan fingerprint density at radius 3 is 2.50 bits per heavy atom. The molecule has 0 unspecified atom stereocenters. The molecule has 9 nitrogen and oxygen atoms in total. The molecule has 0 bridgehead atoms. The summed E-state index contributed by atoms with van der Waals surface area (Å²) in [7, 11) is -0.905. The molecular weight excluding hydrogens is 388 g/mol. The normalized spacial score (nSPS) is 23.0. The van der Waals surface area contributed by atoms with Crippen molar-refractivity contribution >= 4 is 27.6 Å². The number of nitrogens with zero attached hydrogens (tertiary/aromatic N) is 2. The summed E-state index contributed by atoms with van der Waals surface area (Å²) in [5.41, 5.74) is 0.641. The number of carbonyl (C=O) groups excluding carboxylic acids is 2. The summed E-state index contributed by atoms with van der Waals surface area (Å²) in [5, 5.41) is 0. The molecule has 2 fully saturated rings. The number of rotatable bonds is 5. The molecule has 1 aromatic carbocycles. The fourth-order valence-electron chi connectivity index (χ4n) is 3.14. The molecule has 2 atom stereocenters. The number of morpholine rings is 1. The van der Waals surface area contributed by atoms with Gasteiger partial charge in [0.2, 0.25) is 16.1 Å². The highest BCUT2D eigenvalue weighted by atomic mass is 32.2. The van der Waals surface area contributed by atoms with E-state index in [0.29, 0.717) is 32.0 Å². The Labute approximate surface area is 164 Å². The maximum atomic E-state index is 12.9. The van der Waals surface area contributed by atoms with Crippen LogP contribution in [0.2, 0.25) is 0 Å². The van der Waals surface area contributed by atoms with Gasteiger partial charge in [-0.25, -0.2) is 22.3 Å². The van der Waals surface area contributed by atoms with E-state index >= 15 is 0 Å². The quantitative estimate of drug-likeness (QED) is 0.649. The summed E-state index contributed by atoms with van der Waals surface area (Å²) in [6, 6.07) is 4.35. The predicted molar refractivity (Wildman–Crippen MR) is 99.7 cm³/mol. The first-order valence-electron chi connectivity index (χ1n) is 9.01. The van der Waals surface area contributed by atoms with Crippen LogP contribution in [0.4, 0.5) is 5.69 Å². The Kier molecular flexibility index (Phi) is 5.92. The maximum absolute atomic E-state index is 12.9. The molecule has 3 rings (SSSR count). The smallest absolute Gasteiger partial charge is 0.347 e. The molecule has 2 aliphatic heterocycles. The number of carbonyl (C=O) groups is 2. The Morgan fingerprint density at radius 1 is 1.25 bits per heavy atom. The molecule has 0 spiro atoms.